The van der Waals surface area contributed by atoms with Gasteiger partial charge in [-0.25, -0.2) is 0 Å². The first-order chi connectivity index (χ1) is 13.2. The molecule has 0 bridgehead atoms. The third-order valence-corrected chi connectivity index (χ3v) is 4.05. The number of benzene rings is 2. The minimum atomic E-state index is 0.663. The van der Waals surface area contributed by atoms with Gasteiger partial charge in [0.15, 0.2) is 17.5 Å². The first-order valence-corrected chi connectivity index (χ1v) is 9.07. The first kappa shape index (κ1) is 20.4. The quantitative estimate of drug-likeness (QED) is 0.524. The minimum absolute atomic E-state index is 0.663. The van der Waals surface area contributed by atoms with Gasteiger partial charge in [0.2, 0.25) is 0 Å². The summed E-state index contributed by atoms with van der Waals surface area (Å²) < 4.78 is 16.2. The molecule has 0 heterocycles. The summed E-state index contributed by atoms with van der Waals surface area (Å²) in [5, 5.41) is 6.65. The van der Waals surface area contributed by atoms with E-state index in [0.29, 0.717) is 13.2 Å². The summed E-state index contributed by atoms with van der Waals surface area (Å²) in [5.41, 5.74) is 2.31. The van der Waals surface area contributed by atoms with Crippen LogP contribution in [0.5, 0.6) is 17.2 Å². The number of methoxy groups -OCH3 is 2. The van der Waals surface area contributed by atoms with Gasteiger partial charge < -0.3 is 24.8 Å². The molecule has 0 amide bonds. The number of guanidine groups is 1. The van der Waals surface area contributed by atoms with Gasteiger partial charge >= 0.3 is 0 Å². The highest BCUT2D eigenvalue weighted by atomic mass is 16.5. The second kappa shape index (κ2) is 11.0. The summed E-state index contributed by atoms with van der Waals surface area (Å²) in [4.78, 5) is 4.27. The van der Waals surface area contributed by atoms with Crippen molar-refractivity contribution in [2.24, 2.45) is 4.99 Å². The number of hydrogen-bond acceptors (Lipinski definition) is 4. The number of hydrogen-bond donors (Lipinski definition) is 2. The Bertz CT molecular complexity index is 747. The summed E-state index contributed by atoms with van der Waals surface area (Å²) in [5.74, 6) is 3.12. The molecule has 2 rings (SSSR count). The van der Waals surface area contributed by atoms with Crippen LogP contribution < -0.4 is 24.8 Å². The molecule has 146 valence electrons. The van der Waals surface area contributed by atoms with Crippen molar-refractivity contribution in [3.8, 4) is 17.2 Å². The lowest BCUT2D eigenvalue weighted by Crippen LogP contribution is -2.37. The van der Waals surface area contributed by atoms with Crippen LogP contribution in [0.3, 0.4) is 0 Å². The molecule has 2 N–H and O–H groups in total. The van der Waals surface area contributed by atoms with E-state index in [2.05, 4.69) is 21.7 Å². The number of aliphatic imine (C=N–C) groups is 1. The van der Waals surface area contributed by atoms with E-state index in [1.54, 1.807) is 21.3 Å². The Morgan fingerprint density at radius 2 is 1.78 bits per heavy atom. The molecule has 0 aliphatic heterocycles. The van der Waals surface area contributed by atoms with Gasteiger partial charge in [0.25, 0.3) is 0 Å². The third-order valence-electron chi connectivity index (χ3n) is 4.05. The van der Waals surface area contributed by atoms with E-state index in [0.717, 1.165) is 41.7 Å². The van der Waals surface area contributed by atoms with Crippen molar-refractivity contribution in [2.75, 3.05) is 34.4 Å². The second-order valence-corrected chi connectivity index (χ2v) is 5.87. The maximum atomic E-state index is 5.54. The molecule has 0 saturated carbocycles. The Labute approximate surface area is 161 Å². The van der Waals surface area contributed by atoms with Gasteiger partial charge in [-0.3, -0.25) is 4.99 Å². The van der Waals surface area contributed by atoms with Gasteiger partial charge in [0.1, 0.15) is 5.75 Å². The highest BCUT2D eigenvalue weighted by Gasteiger charge is 2.05. The Kier molecular flexibility index (Phi) is 8.29. The van der Waals surface area contributed by atoms with Crippen molar-refractivity contribution in [1.82, 2.24) is 10.6 Å². The van der Waals surface area contributed by atoms with E-state index in [-0.39, 0.29) is 0 Å². The van der Waals surface area contributed by atoms with Crippen molar-refractivity contribution in [3.63, 3.8) is 0 Å². The monoisotopic (exact) mass is 371 g/mol. The van der Waals surface area contributed by atoms with Crippen LogP contribution in [-0.2, 0) is 13.0 Å². The third kappa shape index (κ3) is 6.40. The molecular weight excluding hydrogens is 342 g/mol. The predicted molar refractivity (Wildman–Crippen MR) is 109 cm³/mol. The molecule has 2 aromatic carbocycles. The molecule has 0 radical (unpaired) electrons. The zero-order valence-electron chi connectivity index (χ0n) is 16.5. The van der Waals surface area contributed by atoms with Crippen molar-refractivity contribution in [3.05, 3.63) is 53.6 Å². The van der Waals surface area contributed by atoms with Crippen LogP contribution in [-0.4, -0.2) is 40.4 Å². The van der Waals surface area contributed by atoms with Gasteiger partial charge in [-0.2, -0.15) is 0 Å². The smallest absolute Gasteiger partial charge is 0.191 e. The molecule has 0 spiro atoms. The Balaban J connectivity index is 1.83. The van der Waals surface area contributed by atoms with Gasteiger partial charge in [-0.15, -0.1) is 0 Å². The van der Waals surface area contributed by atoms with Crippen molar-refractivity contribution in [2.45, 2.75) is 19.9 Å². The van der Waals surface area contributed by atoms with E-state index < -0.39 is 0 Å². The molecule has 0 saturated heterocycles. The lowest BCUT2D eigenvalue weighted by molar-refractivity contribution is 0.340. The number of nitrogens with one attached hydrogen (secondary N) is 2. The summed E-state index contributed by atoms with van der Waals surface area (Å²) in [6, 6.07) is 14.0. The van der Waals surface area contributed by atoms with E-state index in [1.807, 2.05) is 43.3 Å². The van der Waals surface area contributed by atoms with Gasteiger partial charge in [-0.1, -0.05) is 18.2 Å². The van der Waals surface area contributed by atoms with Crippen LogP contribution in [0, 0.1) is 0 Å². The summed E-state index contributed by atoms with van der Waals surface area (Å²) in [7, 11) is 5.05. The summed E-state index contributed by atoms with van der Waals surface area (Å²) in [6.07, 6.45) is 0.848. The van der Waals surface area contributed by atoms with Crippen LogP contribution in [0.2, 0.25) is 0 Å². The van der Waals surface area contributed by atoms with Crippen LogP contribution >= 0.6 is 0 Å². The second-order valence-electron chi connectivity index (χ2n) is 5.87. The van der Waals surface area contributed by atoms with E-state index >= 15 is 0 Å². The Hall–Kier alpha value is -2.89. The number of rotatable bonds is 9. The molecule has 2 aromatic rings. The average Bonchev–Trinajstić information content (AvgIpc) is 2.71. The molecule has 0 aliphatic rings. The van der Waals surface area contributed by atoms with Gasteiger partial charge in [-0.05, 0) is 48.7 Å². The molecule has 0 unspecified atom stereocenters. The molecule has 6 nitrogen and oxygen atoms in total. The Morgan fingerprint density at radius 1 is 0.963 bits per heavy atom. The molecule has 0 atom stereocenters. The van der Waals surface area contributed by atoms with E-state index in [9.17, 15) is 0 Å². The standard InChI is InChI=1S/C21H29N3O3/c1-5-27-18-8-6-7-17(13-18)15-24-21(22-2)23-12-11-16-9-10-19(25-3)20(14-16)26-4/h6-10,13-14H,5,11-12,15H2,1-4H3,(H2,22,23,24). The van der Waals surface area contributed by atoms with Crippen molar-refractivity contribution >= 4 is 5.96 Å². The predicted octanol–water partition coefficient (Wildman–Crippen LogP) is 3.01. The van der Waals surface area contributed by atoms with Gasteiger partial charge in [0.05, 0.1) is 20.8 Å². The minimum Gasteiger partial charge on any atom is -0.494 e. The number of nitrogens with zero attached hydrogens (tertiary/aromatic N) is 1. The van der Waals surface area contributed by atoms with Crippen LogP contribution in [0.25, 0.3) is 0 Å². The largest absolute Gasteiger partial charge is 0.494 e. The summed E-state index contributed by atoms with van der Waals surface area (Å²) >= 11 is 0. The van der Waals surface area contributed by atoms with Crippen LogP contribution in [0.1, 0.15) is 18.1 Å². The average molecular weight is 371 g/mol. The summed E-state index contributed by atoms with van der Waals surface area (Å²) in [6.45, 7) is 4.08. The topological polar surface area (TPSA) is 64.1 Å². The molecule has 27 heavy (non-hydrogen) atoms. The zero-order valence-corrected chi connectivity index (χ0v) is 16.5. The van der Waals surface area contributed by atoms with Crippen LogP contribution in [0.15, 0.2) is 47.5 Å². The number of ether oxygens (including phenoxy) is 3. The van der Waals surface area contributed by atoms with Gasteiger partial charge in [0, 0.05) is 20.1 Å². The fourth-order valence-electron chi connectivity index (χ4n) is 2.68. The molecule has 0 aromatic heterocycles. The fraction of sp³-hybridized carbons (Fsp3) is 0.381. The molecular formula is C21H29N3O3. The van der Waals surface area contributed by atoms with Crippen LogP contribution in [0.4, 0.5) is 0 Å². The van der Waals surface area contributed by atoms with Crippen molar-refractivity contribution < 1.29 is 14.2 Å². The van der Waals surface area contributed by atoms with Crippen molar-refractivity contribution in [1.29, 1.82) is 0 Å². The fourth-order valence-corrected chi connectivity index (χ4v) is 2.68. The molecule has 0 aliphatic carbocycles. The van der Waals surface area contributed by atoms with E-state index in [4.69, 9.17) is 14.2 Å². The Morgan fingerprint density at radius 3 is 2.48 bits per heavy atom. The van der Waals surface area contributed by atoms with E-state index in [1.165, 1.54) is 5.56 Å². The maximum absolute atomic E-state index is 5.54. The lowest BCUT2D eigenvalue weighted by atomic mass is 10.1. The highest BCUT2D eigenvalue weighted by molar-refractivity contribution is 5.79. The molecule has 6 heteroatoms. The maximum Gasteiger partial charge on any atom is 0.191 e. The SMILES string of the molecule is CCOc1cccc(CNC(=NC)NCCc2ccc(OC)c(OC)c2)c1. The molecule has 0 fully saturated rings. The normalized spacial score (nSPS) is 11.0. The lowest BCUT2D eigenvalue weighted by Gasteiger charge is -2.13. The zero-order chi connectivity index (χ0) is 19.5. The highest BCUT2D eigenvalue weighted by Crippen LogP contribution is 2.27. The first-order valence-electron chi connectivity index (χ1n) is 9.07.